The van der Waals surface area contributed by atoms with Gasteiger partial charge in [0.25, 0.3) is 0 Å². The van der Waals surface area contributed by atoms with Crippen molar-refractivity contribution in [3.05, 3.63) is 62.5 Å². The quantitative estimate of drug-likeness (QED) is 0.331. The second kappa shape index (κ2) is 6.34. The molecule has 0 aliphatic rings. The number of azide groups is 1. The minimum atomic E-state index is -0.546. The fourth-order valence-corrected chi connectivity index (χ4v) is 1.99. The molecule has 0 fully saturated rings. The zero-order chi connectivity index (χ0) is 14.5. The monoisotopic (exact) mass is 309 g/mol. The molecule has 1 aromatic heterocycles. The van der Waals surface area contributed by atoms with E-state index < -0.39 is 5.82 Å². The minimum absolute atomic E-state index is 0.0838. The summed E-state index contributed by atoms with van der Waals surface area (Å²) in [6.45, 7) is 0. The van der Waals surface area contributed by atoms with Gasteiger partial charge in [0, 0.05) is 34.8 Å². The summed E-state index contributed by atoms with van der Waals surface area (Å²) in [5.74, 6) is -0.546. The number of halogens is 3. The van der Waals surface area contributed by atoms with Crippen LogP contribution in [0.4, 0.5) is 15.8 Å². The number of pyridine rings is 1. The number of aromatic nitrogens is 1. The Hall–Kier alpha value is -2.14. The number of hydrogen-bond acceptors (Lipinski definition) is 3. The van der Waals surface area contributed by atoms with Crippen molar-refractivity contribution in [3.63, 3.8) is 0 Å². The Morgan fingerprint density at radius 3 is 2.65 bits per heavy atom. The van der Waals surface area contributed by atoms with Crippen LogP contribution in [0, 0.1) is 5.82 Å². The van der Waals surface area contributed by atoms with Gasteiger partial charge in [-0.05, 0) is 23.7 Å². The first-order chi connectivity index (χ1) is 9.61. The van der Waals surface area contributed by atoms with Crippen molar-refractivity contribution in [2.45, 2.75) is 0 Å². The van der Waals surface area contributed by atoms with Gasteiger partial charge in [-0.15, -0.1) is 0 Å². The summed E-state index contributed by atoms with van der Waals surface area (Å²) in [7, 11) is 0. The fourth-order valence-electron chi connectivity index (χ4n) is 1.43. The Morgan fingerprint density at radius 1 is 1.30 bits per heavy atom. The van der Waals surface area contributed by atoms with E-state index in [0.717, 1.165) is 12.1 Å². The lowest BCUT2D eigenvalue weighted by Gasteiger charge is -2.02. The number of aliphatic imine (C=N–C) groups is 1. The van der Waals surface area contributed by atoms with Gasteiger partial charge in [0.15, 0.2) is 0 Å². The molecule has 100 valence electrons. The maximum atomic E-state index is 13.1. The molecule has 1 aromatic carbocycles. The summed E-state index contributed by atoms with van der Waals surface area (Å²) in [5, 5.41) is 3.67. The van der Waals surface area contributed by atoms with E-state index in [1.54, 1.807) is 0 Å². The summed E-state index contributed by atoms with van der Waals surface area (Å²) < 4.78 is 13.1. The van der Waals surface area contributed by atoms with E-state index >= 15 is 0 Å². The first kappa shape index (κ1) is 14.3. The maximum absolute atomic E-state index is 13.1. The predicted octanol–water partition coefficient (Wildman–Crippen LogP) is 5.22. The largest absolute Gasteiger partial charge is 0.264 e. The van der Waals surface area contributed by atoms with Crippen molar-refractivity contribution in [3.8, 4) is 0 Å². The van der Waals surface area contributed by atoms with Gasteiger partial charge in [-0.1, -0.05) is 28.3 Å². The van der Waals surface area contributed by atoms with Crippen molar-refractivity contribution in [1.29, 1.82) is 0 Å². The van der Waals surface area contributed by atoms with Crippen LogP contribution in [0.15, 0.2) is 40.7 Å². The van der Waals surface area contributed by atoms with Gasteiger partial charge in [0.05, 0.1) is 10.0 Å². The molecular weight excluding hydrogens is 304 g/mol. The topological polar surface area (TPSA) is 74.0 Å². The van der Waals surface area contributed by atoms with E-state index in [9.17, 15) is 4.39 Å². The van der Waals surface area contributed by atoms with Gasteiger partial charge in [0.2, 0.25) is 0 Å². The molecule has 5 nitrogen and oxygen atoms in total. The van der Waals surface area contributed by atoms with Crippen LogP contribution in [-0.4, -0.2) is 11.2 Å². The first-order valence-corrected chi connectivity index (χ1v) is 6.05. The van der Waals surface area contributed by atoms with E-state index in [-0.39, 0.29) is 15.7 Å². The van der Waals surface area contributed by atoms with Crippen LogP contribution in [0.25, 0.3) is 10.4 Å². The molecule has 0 radical (unpaired) electrons. The second-order valence-corrected chi connectivity index (χ2v) is 4.41. The molecule has 0 atom stereocenters. The summed E-state index contributed by atoms with van der Waals surface area (Å²) in [4.78, 5) is 10.7. The molecule has 0 spiro atoms. The zero-order valence-corrected chi connectivity index (χ0v) is 11.3. The number of hydrogen-bond donors (Lipinski definition) is 0. The van der Waals surface area contributed by atoms with E-state index in [2.05, 4.69) is 20.0 Å². The van der Waals surface area contributed by atoms with E-state index in [1.807, 2.05) is 0 Å². The SMILES string of the molecule is [N-]=[N+]=Nc1ccncc1C=Nc1c(Cl)cc(F)cc1Cl. The van der Waals surface area contributed by atoms with Crippen molar-refractivity contribution in [2.24, 2.45) is 10.1 Å². The average molecular weight is 310 g/mol. The normalized spacial score (nSPS) is 10.6. The van der Waals surface area contributed by atoms with E-state index in [1.165, 1.54) is 24.7 Å². The molecule has 0 aliphatic carbocycles. The molecule has 0 aliphatic heterocycles. The lowest BCUT2D eigenvalue weighted by Crippen LogP contribution is -1.84. The highest BCUT2D eigenvalue weighted by Gasteiger charge is 2.07. The Morgan fingerprint density at radius 2 is 2.00 bits per heavy atom. The predicted molar refractivity (Wildman–Crippen MR) is 76.7 cm³/mol. The van der Waals surface area contributed by atoms with Gasteiger partial charge < -0.3 is 0 Å². The van der Waals surface area contributed by atoms with Gasteiger partial charge in [-0.25, -0.2) is 4.39 Å². The highest BCUT2D eigenvalue weighted by Crippen LogP contribution is 2.34. The highest BCUT2D eigenvalue weighted by atomic mass is 35.5. The maximum Gasteiger partial charge on any atom is 0.126 e. The van der Waals surface area contributed by atoms with Crippen LogP contribution in [0.1, 0.15) is 5.56 Å². The molecule has 0 amide bonds. The Bertz CT molecular complexity index is 703. The van der Waals surface area contributed by atoms with Crippen LogP contribution < -0.4 is 0 Å². The van der Waals surface area contributed by atoms with Crippen molar-refractivity contribution < 1.29 is 4.39 Å². The molecule has 0 N–H and O–H groups in total. The third-order valence-electron chi connectivity index (χ3n) is 2.29. The van der Waals surface area contributed by atoms with Crippen LogP contribution in [-0.2, 0) is 0 Å². The van der Waals surface area contributed by atoms with Crippen LogP contribution in [0.5, 0.6) is 0 Å². The van der Waals surface area contributed by atoms with Crippen molar-refractivity contribution in [1.82, 2.24) is 4.98 Å². The number of nitrogens with zero attached hydrogens (tertiary/aromatic N) is 5. The number of benzene rings is 1. The fraction of sp³-hybridized carbons (Fsp3) is 0. The van der Waals surface area contributed by atoms with Crippen molar-refractivity contribution in [2.75, 3.05) is 0 Å². The molecule has 0 unspecified atom stereocenters. The molecular formula is C12H6Cl2FN5. The molecule has 0 saturated heterocycles. The smallest absolute Gasteiger partial charge is 0.126 e. The summed E-state index contributed by atoms with van der Waals surface area (Å²) >= 11 is 11.7. The summed E-state index contributed by atoms with van der Waals surface area (Å²) in [5.41, 5.74) is 9.53. The average Bonchev–Trinajstić information content (AvgIpc) is 2.39. The Kier molecular flexibility index (Phi) is 4.53. The summed E-state index contributed by atoms with van der Waals surface area (Å²) in [6.07, 6.45) is 4.35. The molecule has 8 heteroatoms. The van der Waals surface area contributed by atoms with Crippen LogP contribution >= 0.6 is 23.2 Å². The third-order valence-corrected chi connectivity index (χ3v) is 2.87. The standard InChI is InChI=1S/C12H6Cl2FN5/c13-9-3-8(15)4-10(14)12(9)18-6-7-5-17-2-1-11(7)19-20-16/h1-6H. The molecule has 20 heavy (non-hydrogen) atoms. The highest BCUT2D eigenvalue weighted by molar-refractivity contribution is 6.38. The molecule has 2 aromatic rings. The van der Waals surface area contributed by atoms with Crippen LogP contribution in [0.2, 0.25) is 10.0 Å². The molecule has 0 saturated carbocycles. The minimum Gasteiger partial charge on any atom is -0.264 e. The Labute approximate surface area is 123 Å². The first-order valence-electron chi connectivity index (χ1n) is 5.29. The molecule has 2 rings (SSSR count). The van der Waals surface area contributed by atoms with Gasteiger partial charge in [0.1, 0.15) is 11.5 Å². The van der Waals surface area contributed by atoms with Gasteiger partial charge in [-0.2, -0.15) is 0 Å². The van der Waals surface area contributed by atoms with E-state index in [4.69, 9.17) is 28.7 Å². The Balaban J connectivity index is 2.42. The van der Waals surface area contributed by atoms with E-state index in [0.29, 0.717) is 11.3 Å². The number of rotatable bonds is 3. The lowest BCUT2D eigenvalue weighted by atomic mass is 10.2. The van der Waals surface area contributed by atoms with Gasteiger partial charge in [-0.3, -0.25) is 9.98 Å². The third kappa shape index (κ3) is 3.24. The second-order valence-electron chi connectivity index (χ2n) is 3.60. The van der Waals surface area contributed by atoms with Gasteiger partial charge >= 0.3 is 0 Å². The van der Waals surface area contributed by atoms with Crippen LogP contribution in [0.3, 0.4) is 0 Å². The zero-order valence-electron chi connectivity index (χ0n) is 9.83. The van der Waals surface area contributed by atoms with Crippen molar-refractivity contribution >= 4 is 40.8 Å². The summed E-state index contributed by atoms with van der Waals surface area (Å²) in [6, 6.07) is 3.75. The molecule has 1 heterocycles. The lowest BCUT2D eigenvalue weighted by molar-refractivity contribution is 0.628. The molecule has 0 bridgehead atoms.